The summed E-state index contributed by atoms with van der Waals surface area (Å²) < 4.78 is 5.03. The zero-order chi connectivity index (χ0) is 10.4. The Balaban J connectivity index is 2.53. The van der Waals surface area contributed by atoms with Gasteiger partial charge in [-0.2, -0.15) is 0 Å². The van der Waals surface area contributed by atoms with Crippen LogP contribution >= 0.6 is 11.6 Å². The Labute approximate surface area is 88.8 Å². The maximum Gasteiger partial charge on any atom is 0.302 e. The van der Waals surface area contributed by atoms with Gasteiger partial charge in [-0.05, 0) is 5.56 Å². The molecule has 76 valence electrons. The molecule has 14 heavy (non-hydrogen) atoms. The van der Waals surface area contributed by atoms with E-state index in [0.717, 1.165) is 5.56 Å². The molecule has 1 aromatic carbocycles. The molecule has 0 fully saturated rings. The van der Waals surface area contributed by atoms with E-state index in [1.165, 1.54) is 6.92 Å². The zero-order valence-corrected chi connectivity index (χ0v) is 8.83. The summed E-state index contributed by atoms with van der Waals surface area (Å²) in [5.74, 6) is 0.0423. The van der Waals surface area contributed by atoms with Gasteiger partial charge in [-0.25, -0.2) is 0 Å². The van der Waals surface area contributed by atoms with Crippen LogP contribution in [0.1, 0.15) is 12.5 Å². The molecule has 1 unspecified atom stereocenters. The quantitative estimate of drug-likeness (QED) is 0.566. The highest BCUT2D eigenvalue weighted by Crippen LogP contribution is 2.07. The van der Waals surface area contributed by atoms with Crippen molar-refractivity contribution in [1.29, 1.82) is 0 Å². The van der Waals surface area contributed by atoms with Crippen LogP contribution in [0.15, 0.2) is 30.3 Å². The standard InChI is InChI=1S/C11H13ClO2/c1-9(13)14-11(8-12)7-10-5-3-2-4-6-10/h2-6,11H,7-8H2,1H3. The summed E-state index contributed by atoms with van der Waals surface area (Å²) in [7, 11) is 0. The van der Waals surface area contributed by atoms with Crippen LogP contribution in [-0.2, 0) is 16.0 Å². The molecule has 1 atom stereocenters. The molecule has 0 aliphatic heterocycles. The van der Waals surface area contributed by atoms with E-state index in [1.54, 1.807) is 0 Å². The van der Waals surface area contributed by atoms with Gasteiger partial charge < -0.3 is 4.74 Å². The number of alkyl halides is 1. The lowest BCUT2D eigenvalue weighted by Crippen LogP contribution is -2.20. The lowest BCUT2D eigenvalue weighted by Gasteiger charge is -2.13. The van der Waals surface area contributed by atoms with Gasteiger partial charge in [-0.15, -0.1) is 11.6 Å². The third-order valence-electron chi connectivity index (χ3n) is 1.81. The molecule has 0 radical (unpaired) electrons. The van der Waals surface area contributed by atoms with Crippen LogP contribution in [0.4, 0.5) is 0 Å². The fraction of sp³-hybridized carbons (Fsp3) is 0.364. The highest BCUT2D eigenvalue weighted by molar-refractivity contribution is 6.18. The first-order valence-corrected chi connectivity index (χ1v) is 5.03. The molecule has 0 spiro atoms. The molecular weight excluding hydrogens is 200 g/mol. The van der Waals surface area contributed by atoms with Gasteiger partial charge in [-0.3, -0.25) is 4.79 Å². The third kappa shape index (κ3) is 3.79. The number of ether oxygens (including phenoxy) is 1. The minimum atomic E-state index is -0.286. The number of rotatable bonds is 4. The Kier molecular flexibility index (Phi) is 4.47. The van der Waals surface area contributed by atoms with Crippen LogP contribution in [0, 0.1) is 0 Å². The van der Waals surface area contributed by atoms with Gasteiger partial charge in [0.15, 0.2) is 0 Å². The van der Waals surface area contributed by atoms with E-state index in [-0.39, 0.29) is 12.1 Å². The van der Waals surface area contributed by atoms with E-state index >= 15 is 0 Å². The summed E-state index contributed by atoms with van der Waals surface area (Å²) >= 11 is 5.68. The molecule has 0 saturated heterocycles. The predicted molar refractivity (Wildman–Crippen MR) is 56.4 cm³/mol. The fourth-order valence-corrected chi connectivity index (χ4v) is 1.41. The van der Waals surface area contributed by atoms with Crippen molar-refractivity contribution >= 4 is 17.6 Å². The van der Waals surface area contributed by atoms with E-state index in [1.807, 2.05) is 30.3 Å². The number of benzene rings is 1. The fourth-order valence-electron chi connectivity index (χ4n) is 1.24. The molecule has 3 heteroatoms. The van der Waals surface area contributed by atoms with Crippen LogP contribution < -0.4 is 0 Å². The first kappa shape index (κ1) is 11.1. The molecule has 0 bridgehead atoms. The van der Waals surface area contributed by atoms with Crippen molar-refractivity contribution in [3.05, 3.63) is 35.9 Å². The Morgan fingerprint density at radius 2 is 2.07 bits per heavy atom. The zero-order valence-electron chi connectivity index (χ0n) is 8.07. The van der Waals surface area contributed by atoms with Crippen molar-refractivity contribution < 1.29 is 9.53 Å². The predicted octanol–water partition coefficient (Wildman–Crippen LogP) is 2.40. The average molecular weight is 213 g/mol. The minimum Gasteiger partial charge on any atom is -0.461 e. The van der Waals surface area contributed by atoms with Gasteiger partial charge in [-0.1, -0.05) is 30.3 Å². The summed E-state index contributed by atoms with van der Waals surface area (Å²) in [5.41, 5.74) is 1.12. The maximum absolute atomic E-state index is 10.7. The van der Waals surface area contributed by atoms with E-state index in [4.69, 9.17) is 16.3 Å². The highest BCUT2D eigenvalue weighted by Gasteiger charge is 2.10. The lowest BCUT2D eigenvalue weighted by molar-refractivity contribution is -0.145. The molecule has 1 rings (SSSR count). The van der Waals surface area contributed by atoms with Crippen molar-refractivity contribution in [3.8, 4) is 0 Å². The summed E-state index contributed by atoms with van der Waals surface area (Å²) in [6.07, 6.45) is 0.445. The van der Waals surface area contributed by atoms with Crippen LogP contribution in [0.2, 0.25) is 0 Å². The second-order valence-electron chi connectivity index (χ2n) is 3.08. The second-order valence-corrected chi connectivity index (χ2v) is 3.38. The number of carbonyl (C=O) groups is 1. The largest absolute Gasteiger partial charge is 0.461 e. The number of hydrogen-bond donors (Lipinski definition) is 0. The van der Waals surface area contributed by atoms with Crippen molar-refractivity contribution in [2.75, 3.05) is 5.88 Å². The van der Waals surface area contributed by atoms with E-state index in [9.17, 15) is 4.79 Å². The number of carbonyl (C=O) groups excluding carboxylic acids is 1. The van der Waals surface area contributed by atoms with Gasteiger partial charge in [0.05, 0.1) is 5.88 Å². The number of halogens is 1. The van der Waals surface area contributed by atoms with Crippen molar-refractivity contribution in [3.63, 3.8) is 0 Å². The molecule has 0 amide bonds. The van der Waals surface area contributed by atoms with Gasteiger partial charge in [0.1, 0.15) is 6.10 Å². The first-order valence-electron chi connectivity index (χ1n) is 4.49. The van der Waals surface area contributed by atoms with Crippen LogP contribution in [-0.4, -0.2) is 18.0 Å². The van der Waals surface area contributed by atoms with Crippen molar-refractivity contribution in [2.45, 2.75) is 19.4 Å². The molecule has 0 aliphatic rings. The minimum absolute atomic E-state index is 0.225. The second kappa shape index (κ2) is 5.66. The van der Waals surface area contributed by atoms with E-state index < -0.39 is 0 Å². The summed E-state index contributed by atoms with van der Waals surface area (Å²) in [4.78, 5) is 10.7. The Hall–Kier alpha value is -1.02. The van der Waals surface area contributed by atoms with E-state index in [2.05, 4.69) is 0 Å². The summed E-state index contributed by atoms with van der Waals surface area (Å²) in [5, 5.41) is 0. The van der Waals surface area contributed by atoms with Crippen LogP contribution in [0.25, 0.3) is 0 Å². The highest BCUT2D eigenvalue weighted by atomic mass is 35.5. The molecule has 2 nitrogen and oxygen atoms in total. The van der Waals surface area contributed by atoms with Crippen LogP contribution in [0.5, 0.6) is 0 Å². The Morgan fingerprint density at radius 3 is 2.57 bits per heavy atom. The third-order valence-corrected chi connectivity index (χ3v) is 2.16. The van der Waals surface area contributed by atoms with Crippen molar-refractivity contribution in [1.82, 2.24) is 0 Å². The topological polar surface area (TPSA) is 26.3 Å². The summed E-state index contributed by atoms with van der Waals surface area (Å²) in [6, 6.07) is 9.83. The average Bonchev–Trinajstić information content (AvgIpc) is 2.17. The Bertz CT molecular complexity index is 285. The molecule has 0 heterocycles. The van der Waals surface area contributed by atoms with Crippen molar-refractivity contribution in [2.24, 2.45) is 0 Å². The van der Waals surface area contributed by atoms with E-state index in [0.29, 0.717) is 12.3 Å². The molecule has 1 aromatic rings. The number of hydrogen-bond acceptors (Lipinski definition) is 2. The van der Waals surface area contributed by atoms with Crippen LogP contribution in [0.3, 0.4) is 0 Å². The molecule has 0 N–H and O–H groups in total. The van der Waals surface area contributed by atoms with Gasteiger partial charge in [0.25, 0.3) is 0 Å². The molecule has 0 aromatic heterocycles. The molecule has 0 aliphatic carbocycles. The number of esters is 1. The molecule has 0 saturated carbocycles. The van der Waals surface area contributed by atoms with Gasteiger partial charge >= 0.3 is 5.97 Å². The monoisotopic (exact) mass is 212 g/mol. The molecular formula is C11H13ClO2. The van der Waals surface area contributed by atoms with Gasteiger partial charge in [0, 0.05) is 13.3 Å². The Morgan fingerprint density at radius 1 is 1.43 bits per heavy atom. The normalized spacial score (nSPS) is 12.1. The summed E-state index contributed by atoms with van der Waals surface area (Å²) in [6.45, 7) is 1.39. The lowest BCUT2D eigenvalue weighted by atomic mass is 10.1. The SMILES string of the molecule is CC(=O)OC(CCl)Cc1ccccc1. The van der Waals surface area contributed by atoms with Gasteiger partial charge in [0.2, 0.25) is 0 Å². The smallest absolute Gasteiger partial charge is 0.302 e. The maximum atomic E-state index is 10.7. The first-order chi connectivity index (χ1) is 6.72.